The highest BCUT2D eigenvalue weighted by Gasteiger charge is 2.51. The Morgan fingerprint density at radius 2 is 0.697 bits per heavy atom. The van der Waals surface area contributed by atoms with E-state index in [9.17, 15) is 0 Å². The Morgan fingerprint density at radius 3 is 1.36 bits per heavy atom. The molecule has 0 bridgehead atoms. The number of hydrogen-bond acceptors (Lipinski definition) is 1. The Bertz CT molecular complexity index is 3590. The first-order valence-electron chi connectivity index (χ1n) is 22.9. The fourth-order valence-electron chi connectivity index (χ4n) is 11.4. The predicted octanol–water partition coefficient (Wildman–Crippen LogP) is 17.3. The molecule has 0 N–H and O–H groups in total. The topological polar surface area (TPSA) is 3.24 Å². The maximum atomic E-state index is 2.50. The summed E-state index contributed by atoms with van der Waals surface area (Å²) in [4.78, 5) is 2.49. The third-order valence-electron chi connectivity index (χ3n) is 14.1. The third kappa shape index (κ3) is 5.73. The van der Waals surface area contributed by atoms with Crippen molar-refractivity contribution in [3.05, 3.63) is 283 Å². The van der Waals surface area contributed by atoms with Crippen molar-refractivity contribution in [2.24, 2.45) is 0 Å². The van der Waals surface area contributed by atoms with Crippen LogP contribution in [0.2, 0.25) is 0 Å². The molecule has 0 heterocycles. The first kappa shape index (κ1) is 38.0. The molecule has 2 aliphatic carbocycles. The molecule has 13 rings (SSSR count). The second-order valence-electron chi connectivity index (χ2n) is 17.5. The van der Waals surface area contributed by atoms with E-state index < -0.39 is 5.41 Å². The summed E-state index contributed by atoms with van der Waals surface area (Å²) in [5.41, 5.74) is 23.0. The molecule has 0 radical (unpaired) electrons. The van der Waals surface area contributed by atoms with Gasteiger partial charge in [0.1, 0.15) is 0 Å². The van der Waals surface area contributed by atoms with Gasteiger partial charge in [-0.1, -0.05) is 231 Å². The molecule has 0 saturated carbocycles. The highest BCUT2D eigenvalue weighted by Crippen LogP contribution is 2.63. The molecular formula is C65H43N. The van der Waals surface area contributed by atoms with Crippen LogP contribution in [0.15, 0.2) is 261 Å². The van der Waals surface area contributed by atoms with Crippen LogP contribution >= 0.6 is 0 Å². The maximum Gasteiger partial charge on any atom is 0.0726 e. The molecule has 0 fully saturated rings. The monoisotopic (exact) mass is 837 g/mol. The van der Waals surface area contributed by atoms with Crippen LogP contribution in [0.5, 0.6) is 0 Å². The molecule has 11 aromatic carbocycles. The largest absolute Gasteiger partial charge is 0.310 e. The number of anilines is 3. The number of rotatable bonds is 7. The molecular weight excluding hydrogens is 795 g/mol. The molecule has 1 heteroatoms. The van der Waals surface area contributed by atoms with Crippen molar-refractivity contribution in [3.63, 3.8) is 0 Å². The van der Waals surface area contributed by atoms with Crippen molar-refractivity contribution in [3.8, 4) is 66.8 Å². The minimum atomic E-state index is -0.458. The van der Waals surface area contributed by atoms with Gasteiger partial charge >= 0.3 is 0 Å². The van der Waals surface area contributed by atoms with Crippen LogP contribution < -0.4 is 4.90 Å². The first-order chi connectivity index (χ1) is 32.8. The van der Waals surface area contributed by atoms with Crippen LogP contribution in [0.3, 0.4) is 0 Å². The fraction of sp³-hybridized carbons (Fsp3) is 0.0154. The van der Waals surface area contributed by atoms with Crippen molar-refractivity contribution < 1.29 is 0 Å². The van der Waals surface area contributed by atoms with E-state index in [0.29, 0.717) is 0 Å². The molecule has 0 amide bonds. The number of benzene rings is 11. The average molecular weight is 838 g/mol. The van der Waals surface area contributed by atoms with Crippen molar-refractivity contribution >= 4 is 27.8 Å². The van der Waals surface area contributed by atoms with Gasteiger partial charge in [0.2, 0.25) is 0 Å². The summed E-state index contributed by atoms with van der Waals surface area (Å²) in [5.74, 6) is 0. The summed E-state index contributed by atoms with van der Waals surface area (Å²) >= 11 is 0. The molecule has 308 valence electrons. The summed E-state index contributed by atoms with van der Waals surface area (Å²) in [7, 11) is 0. The zero-order valence-corrected chi connectivity index (χ0v) is 36.3. The van der Waals surface area contributed by atoms with Gasteiger partial charge in [-0.15, -0.1) is 0 Å². The van der Waals surface area contributed by atoms with E-state index in [1.54, 1.807) is 0 Å². The van der Waals surface area contributed by atoms with Crippen LogP contribution in [-0.2, 0) is 5.41 Å². The Morgan fingerprint density at radius 1 is 0.258 bits per heavy atom. The molecule has 1 spiro atoms. The molecule has 11 aromatic rings. The van der Waals surface area contributed by atoms with Crippen molar-refractivity contribution in [2.45, 2.75) is 5.41 Å². The summed E-state index contributed by atoms with van der Waals surface area (Å²) in [5, 5.41) is 2.40. The quantitative estimate of drug-likeness (QED) is 0.155. The zero-order valence-electron chi connectivity index (χ0n) is 36.3. The maximum absolute atomic E-state index is 2.50. The number of hydrogen-bond donors (Lipinski definition) is 0. The Labute approximate surface area is 386 Å². The number of nitrogens with zero attached hydrogens (tertiary/aromatic N) is 1. The lowest BCUT2D eigenvalue weighted by Crippen LogP contribution is -2.26. The normalized spacial score (nSPS) is 12.7. The predicted molar refractivity (Wildman–Crippen MR) is 277 cm³/mol. The van der Waals surface area contributed by atoms with Crippen LogP contribution in [0, 0.1) is 0 Å². The lowest BCUT2D eigenvalue weighted by molar-refractivity contribution is 0.793. The van der Waals surface area contributed by atoms with Gasteiger partial charge in [0, 0.05) is 16.8 Å². The average Bonchev–Trinajstić information content (AvgIpc) is 3.86. The zero-order chi connectivity index (χ0) is 43.6. The van der Waals surface area contributed by atoms with Crippen molar-refractivity contribution in [1.82, 2.24) is 0 Å². The minimum absolute atomic E-state index is 0.458. The van der Waals surface area contributed by atoms with E-state index >= 15 is 0 Å². The summed E-state index contributed by atoms with van der Waals surface area (Å²) < 4.78 is 0. The summed E-state index contributed by atoms with van der Waals surface area (Å²) in [6.07, 6.45) is 0. The fourth-order valence-corrected chi connectivity index (χ4v) is 11.4. The summed E-state index contributed by atoms with van der Waals surface area (Å²) in [6, 6.07) is 96.4. The SMILES string of the molecule is c1ccc(-c2ccccc2-c2c(-c3ccccc3)cccc2-c2cccc(N(c3ccc4c(c3)C3(c5ccccc5-c5ccccc53)c3ccccc3-4)c3cccc4ccccc34)c2)cc1. The van der Waals surface area contributed by atoms with Crippen molar-refractivity contribution in [1.29, 1.82) is 0 Å². The molecule has 0 atom stereocenters. The molecule has 2 aliphatic rings. The van der Waals surface area contributed by atoms with Gasteiger partial charge in [-0.3, -0.25) is 0 Å². The van der Waals surface area contributed by atoms with Gasteiger partial charge in [-0.05, 0) is 125 Å². The van der Waals surface area contributed by atoms with E-state index in [0.717, 1.165) is 22.6 Å². The van der Waals surface area contributed by atoms with E-state index in [1.807, 2.05) is 0 Å². The second-order valence-corrected chi connectivity index (χ2v) is 17.5. The van der Waals surface area contributed by atoms with Gasteiger partial charge in [0.15, 0.2) is 0 Å². The third-order valence-corrected chi connectivity index (χ3v) is 14.1. The Hall–Kier alpha value is -8.52. The van der Waals surface area contributed by atoms with E-state index in [4.69, 9.17) is 0 Å². The van der Waals surface area contributed by atoms with Crippen LogP contribution in [-0.4, -0.2) is 0 Å². The van der Waals surface area contributed by atoms with Crippen LogP contribution in [0.25, 0.3) is 77.5 Å². The van der Waals surface area contributed by atoms with Crippen LogP contribution in [0.4, 0.5) is 17.1 Å². The molecule has 0 aromatic heterocycles. The number of fused-ring (bicyclic) bond motifs is 11. The molecule has 1 nitrogen and oxygen atoms in total. The Balaban J connectivity index is 1.06. The van der Waals surface area contributed by atoms with Gasteiger partial charge in [-0.2, -0.15) is 0 Å². The smallest absolute Gasteiger partial charge is 0.0726 e. The standard InChI is InChI=1S/C65H43N/c1-3-20-44(21-4-1)50-28-9-10-33-58(50)64-52(46-22-5-2-6-23-46)34-19-35-53(64)47-26-17-27-48(42-47)66(63-39-18-25-45-24-7-8-29-51(45)63)49-40-41-57-56-32-13-16-38-61(56)65(62(57)43-49)59-36-14-11-30-54(59)55-31-12-15-37-60(55)65/h1-43H. The van der Waals surface area contributed by atoms with E-state index in [2.05, 4.69) is 266 Å². The van der Waals surface area contributed by atoms with Gasteiger partial charge in [0.25, 0.3) is 0 Å². The highest BCUT2D eigenvalue weighted by molar-refractivity contribution is 6.03. The van der Waals surface area contributed by atoms with E-state index in [-0.39, 0.29) is 0 Å². The lowest BCUT2D eigenvalue weighted by Gasteiger charge is -2.32. The van der Waals surface area contributed by atoms with Gasteiger partial charge in [-0.25, -0.2) is 0 Å². The molecule has 0 saturated heterocycles. The summed E-state index contributed by atoms with van der Waals surface area (Å²) in [6.45, 7) is 0. The highest BCUT2D eigenvalue weighted by atomic mass is 15.1. The lowest BCUT2D eigenvalue weighted by atomic mass is 9.70. The molecule has 0 aliphatic heterocycles. The molecule has 66 heavy (non-hydrogen) atoms. The van der Waals surface area contributed by atoms with Gasteiger partial charge in [0.05, 0.1) is 11.1 Å². The first-order valence-corrected chi connectivity index (χ1v) is 22.9. The molecule has 0 unspecified atom stereocenters. The van der Waals surface area contributed by atoms with Crippen LogP contribution in [0.1, 0.15) is 22.3 Å². The van der Waals surface area contributed by atoms with Gasteiger partial charge < -0.3 is 4.90 Å². The Kier molecular flexibility index (Phi) is 8.82. The minimum Gasteiger partial charge on any atom is -0.310 e. The van der Waals surface area contributed by atoms with E-state index in [1.165, 1.54) is 94.2 Å². The van der Waals surface area contributed by atoms with Crippen molar-refractivity contribution in [2.75, 3.05) is 4.90 Å². The second kappa shape index (κ2) is 15.3.